The minimum atomic E-state index is -0.740. The van der Waals surface area contributed by atoms with Gasteiger partial charge in [0.25, 0.3) is 5.56 Å². The summed E-state index contributed by atoms with van der Waals surface area (Å²) >= 11 is 0. The molecule has 2 aromatic rings. The molecule has 8 rings (SSSR count). The lowest BCUT2D eigenvalue weighted by Gasteiger charge is -2.73. The number of nitrogens with one attached hydrogen (secondary N) is 1. The van der Waals surface area contributed by atoms with Gasteiger partial charge in [-0.3, -0.25) is 14.3 Å². The normalized spacial score (nSPS) is 40.6. The Kier molecular flexibility index (Phi) is 11.0. The van der Waals surface area contributed by atoms with Crippen LogP contribution < -0.4 is 11.2 Å². The van der Waals surface area contributed by atoms with Gasteiger partial charge in [-0.25, -0.2) is 19.1 Å². The fourth-order valence-corrected chi connectivity index (χ4v) is 14.6. The van der Waals surface area contributed by atoms with Crippen LogP contribution in [-0.4, -0.2) is 72.1 Å². The number of allylic oxidation sites excluding steroid dienone is 1. The van der Waals surface area contributed by atoms with Crippen molar-refractivity contribution in [2.45, 2.75) is 143 Å². The molecule has 14 nitrogen and oxygen atoms in total. The van der Waals surface area contributed by atoms with Gasteiger partial charge in [0.05, 0.1) is 31.6 Å². The van der Waals surface area contributed by atoms with Crippen molar-refractivity contribution >= 4 is 11.9 Å². The van der Waals surface area contributed by atoms with E-state index in [9.17, 15) is 29.4 Å². The molecule has 14 heteroatoms. The quantitative estimate of drug-likeness (QED) is 0.149. The van der Waals surface area contributed by atoms with Crippen LogP contribution in [0.2, 0.25) is 0 Å². The van der Waals surface area contributed by atoms with Crippen LogP contribution in [0.5, 0.6) is 0 Å². The molecule has 6 aliphatic rings. The zero-order valence-electron chi connectivity index (χ0n) is 36.2. The number of aromatic nitrogens is 5. The molecule has 13 atom stereocenters. The van der Waals surface area contributed by atoms with E-state index in [2.05, 4.69) is 63.4 Å². The number of fused-ring (bicyclic) bond motifs is 7. The fraction of sp³-hybridized carbons (Fsp3) is 0.739. The number of H-pyrrole nitrogens is 1. The first-order valence-corrected chi connectivity index (χ1v) is 22.2. The highest BCUT2D eigenvalue weighted by atomic mass is 16.5. The maximum absolute atomic E-state index is 13.2. The molecular formula is C46H65N5O9. The number of hydrogen-bond donors (Lipinski definition) is 3. The summed E-state index contributed by atoms with van der Waals surface area (Å²) < 4.78 is 20.0. The first-order chi connectivity index (χ1) is 28.4. The third-order valence-corrected chi connectivity index (χ3v) is 17.9. The Bertz CT molecular complexity index is 2140. The largest absolute Gasteiger partial charge is 0.462 e. The number of aliphatic hydroxyl groups excluding tert-OH is 2. The molecule has 3 heterocycles. The van der Waals surface area contributed by atoms with E-state index < -0.39 is 41.6 Å². The van der Waals surface area contributed by atoms with Crippen molar-refractivity contribution in [2.24, 2.45) is 56.7 Å². The molecule has 2 aromatic heterocycles. The molecule has 0 amide bonds. The van der Waals surface area contributed by atoms with E-state index in [1.54, 1.807) is 6.20 Å². The summed E-state index contributed by atoms with van der Waals surface area (Å²) in [5.74, 6) is 1.08. The third-order valence-electron chi connectivity index (χ3n) is 17.9. The summed E-state index contributed by atoms with van der Waals surface area (Å²) in [6.07, 6.45) is 14.6. The van der Waals surface area contributed by atoms with Crippen LogP contribution in [0.1, 0.15) is 130 Å². The second-order valence-corrected chi connectivity index (χ2v) is 20.8. The summed E-state index contributed by atoms with van der Waals surface area (Å²) in [5.41, 5.74) is 0.739. The van der Waals surface area contributed by atoms with Gasteiger partial charge in [-0.15, -0.1) is 5.10 Å². The summed E-state index contributed by atoms with van der Waals surface area (Å²) in [7, 11) is 0. The molecule has 0 radical (unpaired) electrons. The number of ether oxygens (including phenoxy) is 3. The van der Waals surface area contributed by atoms with Crippen LogP contribution in [0.25, 0.3) is 0 Å². The van der Waals surface area contributed by atoms with E-state index in [1.807, 2.05) is 0 Å². The summed E-state index contributed by atoms with van der Waals surface area (Å²) in [6.45, 7) is 18.8. The van der Waals surface area contributed by atoms with Gasteiger partial charge in [0.15, 0.2) is 0 Å². The highest BCUT2D eigenvalue weighted by Crippen LogP contribution is 2.77. The Morgan fingerprint density at radius 1 is 0.967 bits per heavy atom. The number of carbonyl (C=O) groups excluding carboxylic acids is 2. The lowest BCUT2D eigenvalue weighted by Crippen LogP contribution is -2.66. The average Bonchev–Trinajstić information content (AvgIpc) is 3.95. The molecule has 6 fully saturated rings. The zero-order valence-corrected chi connectivity index (χ0v) is 36.2. The first-order valence-electron chi connectivity index (χ1n) is 22.2. The second-order valence-electron chi connectivity index (χ2n) is 20.8. The molecule has 0 aromatic carbocycles. The Hall–Kier alpha value is -3.88. The number of esters is 2. The Balaban J connectivity index is 0.890. The van der Waals surface area contributed by atoms with Crippen molar-refractivity contribution in [3.63, 3.8) is 0 Å². The van der Waals surface area contributed by atoms with Crippen LogP contribution in [-0.2, 0) is 30.4 Å². The van der Waals surface area contributed by atoms with Gasteiger partial charge in [-0.2, -0.15) is 0 Å². The third kappa shape index (κ3) is 6.87. The van der Waals surface area contributed by atoms with E-state index >= 15 is 0 Å². The van der Waals surface area contributed by atoms with E-state index in [-0.39, 0.29) is 52.8 Å². The van der Waals surface area contributed by atoms with Crippen LogP contribution >= 0.6 is 0 Å². The topological polar surface area (TPSA) is 188 Å². The summed E-state index contributed by atoms with van der Waals surface area (Å²) in [6, 6.07) is 0.742. The zero-order chi connectivity index (χ0) is 43.0. The predicted octanol–water partition coefficient (Wildman–Crippen LogP) is 5.81. The van der Waals surface area contributed by atoms with Crippen LogP contribution in [0.15, 0.2) is 52.4 Å². The fourth-order valence-electron chi connectivity index (χ4n) is 14.6. The van der Waals surface area contributed by atoms with E-state index in [0.29, 0.717) is 41.9 Å². The molecule has 0 spiro atoms. The number of nitrogens with zero attached hydrogens (tertiary/aromatic N) is 4. The van der Waals surface area contributed by atoms with Crippen LogP contribution in [0, 0.1) is 56.7 Å². The smallest absolute Gasteiger partial charge is 0.331 e. The minimum Gasteiger partial charge on any atom is -0.462 e. The first kappa shape index (κ1) is 42.8. The van der Waals surface area contributed by atoms with Gasteiger partial charge in [0.1, 0.15) is 24.6 Å². The van der Waals surface area contributed by atoms with Crippen molar-refractivity contribution in [1.82, 2.24) is 24.5 Å². The monoisotopic (exact) mass is 831 g/mol. The van der Waals surface area contributed by atoms with Crippen molar-refractivity contribution in [3.05, 3.63) is 69.3 Å². The molecule has 3 N–H and O–H groups in total. The van der Waals surface area contributed by atoms with Crippen molar-refractivity contribution < 1.29 is 34.0 Å². The molecule has 328 valence electrons. The van der Waals surface area contributed by atoms with Crippen molar-refractivity contribution in [1.29, 1.82) is 0 Å². The van der Waals surface area contributed by atoms with E-state index in [0.717, 1.165) is 57.1 Å². The van der Waals surface area contributed by atoms with Gasteiger partial charge in [-0.05, 0) is 122 Å². The molecule has 5 aliphatic carbocycles. The van der Waals surface area contributed by atoms with Crippen LogP contribution in [0.3, 0.4) is 0 Å². The number of aliphatic hydroxyl groups is 2. The summed E-state index contributed by atoms with van der Waals surface area (Å²) in [4.78, 5) is 52.0. The number of hydrogen-bond acceptors (Lipinski definition) is 11. The summed E-state index contributed by atoms with van der Waals surface area (Å²) in [5, 5.41) is 29.3. The minimum absolute atomic E-state index is 0.0805. The van der Waals surface area contributed by atoms with E-state index in [4.69, 9.17) is 14.2 Å². The Morgan fingerprint density at radius 3 is 2.43 bits per heavy atom. The molecule has 1 aliphatic heterocycles. The number of aromatic amines is 1. The molecular weight excluding hydrogens is 767 g/mol. The predicted molar refractivity (Wildman–Crippen MR) is 221 cm³/mol. The lowest BCUT2D eigenvalue weighted by atomic mass is 9.32. The van der Waals surface area contributed by atoms with Gasteiger partial charge in [0.2, 0.25) is 0 Å². The Morgan fingerprint density at radius 2 is 1.72 bits per heavy atom. The SMILES string of the molecule is C=C(C)[C@@H]1CC[C@]2(COC(=O)/C=C/C(=O)OCc3cn([C@H]4C[C@H](n5ccc(=O)[nH]c5=O)O[C@@H]4CO)nn3)CC[C@]3(C)[C@H](CC[C@@H]4[C@@]5(C)CC[C@H](O)C(C)(C)[C@@H]5CC[C@]43C)C12. The molecule has 1 unspecified atom stereocenters. The highest BCUT2D eigenvalue weighted by Gasteiger charge is 2.71. The van der Waals surface area contributed by atoms with Gasteiger partial charge in [-0.1, -0.05) is 52.0 Å². The number of carbonyl (C=O) groups is 2. The van der Waals surface area contributed by atoms with E-state index in [1.165, 1.54) is 46.3 Å². The number of rotatable bonds is 10. The highest BCUT2D eigenvalue weighted by molar-refractivity contribution is 5.91. The van der Waals surface area contributed by atoms with Gasteiger partial charge in [0, 0.05) is 36.3 Å². The van der Waals surface area contributed by atoms with Gasteiger partial charge >= 0.3 is 17.6 Å². The molecule has 5 saturated carbocycles. The average molecular weight is 832 g/mol. The lowest BCUT2D eigenvalue weighted by molar-refractivity contribution is -0.249. The van der Waals surface area contributed by atoms with Crippen molar-refractivity contribution in [3.8, 4) is 0 Å². The molecule has 0 bridgehead atoms. The van der Waals surface area contributed by atoms with Crippen LogP contribution in [0.4, 0.5) is 0 Å². The van der Waals surface area contributed by atoms with Crippen molar-refractivity contribution in [2.75, 3.05) is 13.2 Å². The Labute approximate surface area is 352 Å². The standard InChI is InChI=1S/C46H65N5O9/c1-27(2)29-12-18-46(20-19-44(6)30(40(29)46)8-9-34-43(5)16-14-35(53)42(3,4)33(43)13-17-45(34,44)7)26-59-39(56)11-10-38(55)58-25-28-23-51(49-48-28)31-22-37(60-32(31)24-52)50-21-15-36(54)47-41(50)57/h10-11,15,21,23,29-35,37,40,52-53H,1,8-9,12-14,16-20,22,24-26H2,2-7H3,(H,47,54,57)/b11-10+/t29-,30+,31-,32+,33-,34+,35-,37+,40?,43-,44+,45+,46+/m0/s1. The maximum atomic E-state index is 13.2. The van der Waals surface area contributed by atoms with Gasteiger partial charge < -0.3 is 24.4 Å². The maximum Gasteiger partial charge on any atom is 0.331 e. The molecule has 60 heavy (non-hydrogen) atoms. The second kappa shape index (κ2) is 15.5. The molecule has 1 saturated heterocycles.